The van der Waals surface area contributed by atoms with Crippen LogP contribution in [0, 0.1) is 23.6 Å². The maximum Gasteiger partial charge on any atom is 0.338 e. The molecular weight excluding hydrogens is 309 g/mol. The summed E-state index contributed by atoms with van der Waals surface area (Å²) >= 11 is 5.84. The second-order valence-corrected chi connectivity index (χ2v) is 6.01. The Morgan fingerprint density at radius 1 is 1.38 bits per heavy atom. The Hall–Kier alpha value is -1.43. The lowest BCUT2D eigenvalue weighted by Gasteiger charge is -2.16. The van der Waals surface area contributed by atoms with Crippen LogP contribution in [0.1, 0.15) is 23.2 Å². The zero-order valence-electron chi connectivity index (χ0n) is 10.8. The van der Waals surface area contributed by atoms with Crippen LogP contribution in [-0.4, -0.2) is 23.6 Å². The Labute approximate surface area is 123 Å². The molecule has 0 bridgehead atoms. The van der Waals surface area contributed by atoms with Gasteiger partial charge in [0.1, 0.15) is 11.6 Å². The van der Waals surface area contributed by atoms with Crippen LogP contribution in [0.2, 0.25) is 5.02 Å². The van der Waals surface area contributed by atoms with Gasteiger partial charge in [0.25, 0.3) is 5.92 Å². The van der Waals surface area contributed by atoms with Gasteiger partial charge in [-0.15, -0.1) is 0 Å². The first-order chi connectivity index (χ1) is 9.80. The molecule has 114 valence electrons. The van der Waals surface area contributed by atoms with Crippen molar-refractivity contribution in [2.45, 2.75) is 18.8 Å². The normalized spacial score (nSPS) is 29.0. The number of carboxylic acids is 1. The topological polar surface area (TPSA) is 46.5 Å². The number of hydrogen-bond donors (Lipinski definition) is 1. The lowest BCUT2D eigenvalue weighted by Crippen LogP contribution is -2.15. The third-order valence-corrected chi connectivity index (χ3v) is 4.56. The molecule has 2 aliphatic rings. The van der Waals surface area contributed by atoms with Crippen molar-refractivity contribution in [3.05, 3.63) is 28.5 Å². The molecule has 3 nitrogen and oxygen atoms in total. The van der Waals surface area contributed by atoms with Gasteiger partial charge in [0.15, 0.2) is 0 Å². The van der Waals surface area contributed by atoms with Crippen LogP contribution in [0.5, 0.6) is 5.75 Å². The number of carbonyl (C=O) groups is 1. The third-order valence-electron chi connectivity index (χ3n) is 4.27. The van der Waals surface area contributed by atoms with E-state index >= 15 is 0 Å². The number of alkyl halides is 2. The minimum absolute atomic E-state index is 0.00194. The molecule has 2 atom stereocenters. The number of halogens is 4. The molecule has 2 saturated carbocycles. The van der Waals surface area contributed by atoms with E-state index in [0.717, 1.165) is 12.1 Å². The van der Waals surface area contributed by atoms with Crippen molar-refractivity contribution in [2.24, 2.45) is 17.8 Å². The Bertz CT molecular complexity index is 591. The van der Waals surface area contributed by atoms with E-state index in [2.05, 4.69) is 0 Å². The molecular formula is C14H12ClF3O3. The lowest BCUT2D eigenvalue weighted by atomic mass is 10.0. The molecule has 0 radical (unpaired) electrons. The predicted molar refractivity (Wildman–Crippen MR) is 68.5 cm³/mol. The largest absolute Gasteiger partial charge is 0.492 e. The first kappa shape index (κ1) is 14.5. The summed E-state index contributed by atoms with van der Waals surface area (Å²) in [5.74, 6) is -5.95. The zero-order valence-corrected chi connectivity index (χ0v) is 11.5. The minimum atomic E-state index is -2.52. The van der Waals surface area contributed by atoms with Crippen molar-refractivity contribution in [2.75, 3.05) is 6.61 Å². The summed E-state index contributed by atoms with van der Waals surface area (Å²) in [6.07, 6.45) is 0.788. The number of hydrogen-bond acceptors (Lipinski definition) is 2. The molecule has 7 heteroatoms. The Morgan fingerprint density at radius 2 is 2.00 bits per heavy atom. The quantitative estimate of drug-likeness (QED) is 0.916. The highest BCUT2D eigenvalue weighted by atomic mass is 35.5. The van der Waals surface area contributed by atoms with Crippen LogP contribution in [0.4, 0.5) is 13.2 Å². The summed E-state index contributed by atoms with van der Waals surface area (Å²) < 4.78 is 45.0. The van der Waals surface area contributed by atoms with Gasteiger partial charge in [0.05, 0.1) is 17.2 Å². The van der Waals surface area contributed by atoms with Gasteiger partial charge in [-0.1, -0.05) is 11.6 Å². The van der Waals surface area contributed by atoms with Crippen LogP contribution in [0.3, 0.4) is 0 Å². The van der Waals surface area contributed by atoms with E-state index < -0.39 is 35.1 Å². The highest BCUT2D eigenvalue weighted by molar-refractivity contribution is 6.32. The first-order valence-electron chi connectivity index (χ1n) is 6.53. The molecule has 2 unspecified atom stereocenters. The van der Waals surface area contributed by atoms with E-state index in [1.807, 2.05) is 0 Å². The second-order valence-electron chi connectivity index (χ2n) is 5.60. The highest BCUT2D eigenvalue weighted by Gasteiger charge is 2.71. The van der Waals surface area contributed by atoms with Gasteiger partial charge in [-0.3, -0.25) is 0 Å². The van der Waals surface area contributed by atoms with Crippen LogP contribution in [0.15, 0.2) is 12.1 Å². The van der Waals surface area contributed by atoms with Gasteiger partial charge in [-0.05, 0) is 24.8 Å². The molecule has 0 spiro atoms. The van der Waals surface area contributed by atoms with Crippen molar-refractivity contribution in [3.8, 4) is 5.75 Å². The first-order valence-corrected chi connectivity index (χ1v) is 6.91. The van der Waals surface area contributed by atoms with E-state index in [4.69, 9.17) is 21.4 Å². The van der Waals surface area contributed by atoms with Gasteiger partial charge < -0.3 is 9.84 Å². The molecule has 2 fully saturated rings. The number of benzene rings is 1. The smallest absolute Gasteiger partial charge is 0.338 e. The average molecular weight is 321 g/mol. The molecule has 1 aromatic carbocycles. The van der Waals surface area contributed by atoms with Gasteiger partial charge in [0.2, 0.25) is 0 Å². The van der Waals surface area contributed by atoms with Crippen molar-refractivity contribution in [3.63, 3.8) is 0 Å². The Morgan fingerprint density at radius 3 is 2.57 bits per heavy atom. The van der Waals surface area contributed by atoms with Crippen LogP contribution >= 0.6 is 11.6 Å². The summed E-state index contributed by atoms with van der Waals surface area (Å²) in [7, 11) is 0. The maximum atomic E-state index is 13.5. The van der Waals surface area contributed by atoms with Gasteiger partial charge in [0, 0.05) is 17.9 Å². The van der Waals surface area contributed by atoms with E-state index in [0.29, 0.717) is 12.8 Å². The van der Waals surface area contributed by atoms with Crippen molar-refractivity contribution in [1.29, 1.82) is 0 Å². The van der Waals surface area contributed by atoms with Gasteiger partial charge in [-0.2, -0.15) is 0 Å². The standard InChI is InChI=1S/C14H12ClF3O3/c15-10-3-7(13(19)20)11(16)4-12(10)21-5-6-1-8-9(2-6)14(8,17)18/h3-4,6,8-9H,1-2,5H2,(H,19,20). The number of aromatic carboxylic acids is 1. The SMILES string of the molecule is O=C(O)c1cc(Cl)c(OCC2CC3C(C2)C3(F)F)cc1F. The Kier molecular flexibility index (Phi) is 3.31. The molecule has 21 heavy (non-hydrogen) atoms. The van der Waals surface area contributed by atoms with Crippen molar-refractivity contribution < 1.29 is 27.8 Å². The number of carboxylic acid groups (broad SMARTS) is 1. The zero-order chi connectivity index (χ0) is 15.4. The van der Waals surface area contributed by atoms with Gasteiger partial charge in [-0.25, -0.2) is 18.0 Å². The molecule has 1 aromatic rings. The van der Waals surface area contributed by atoms with Crippen LogP contribution in [0.25, 0.3) is 0 Å². The molecule has 2 aliphatic carbocycles. The molecule has 3 rings (SSSR count). The van der Waals surface area contributed by atoms with Crippen LogP contribution in [-0.2, 0) is 0 Å². The average Bonchev–Trinajstić information content (AvgIpc) is 2.79. The fourth-order valence-electron chi connectivity index (χ4n) is 3.06. The summed E-state index contributed by atoms with van der Waals surface area (Å²) in [4.78, 5) is 10.7. The fraction of sp³-hybridized carbons (Fsp3) is 0.500. The number of rotatable bonds is 4. The fourth-order valence-corrected chi connectivity index (χ4v) is 3.28. The molecule has 0 saturated heterocycles. The highest BCUT2D eigenvalue weighted by Crippen LogP contribution is 2.65. The summed E-state index contributed by atoms with van der Waals surface area (Å²) in [6, 6.07) is 1.89. The van der Waals surface area contributed by atoms with Gasteiger partial charge >= 0.3 is 5.97 Å². The number of fused-ring (bicyclic) bond motifs is 1. The van der Waals surface area contributed by atoms with E-state index in [-0.39, 0.29) is 23.3 Å². The molecule has 0 aromatic heterocycles. The van der Waals surface area contributed by atoms with E-state index in [9.17, 15) is 18.0 Å². The van der Waals surface area contributed by atoms with Crippen LogP contribution < -0.4 is 4.74 Å². The van der Waals surface area contributed by atoms with E-state index in [1.54, 1.807) is 0 Å². The molecule has 0 heterocycles. The molecule has 1 N–H and O–H groups in total. The minimum Gasteiger partial charge on any atom is -0.492 e. The summed E-state index contributed by atoms with van der Waals surface area (Å²) in [5.41, 5.74) is -0.533. The van der Waals surface area contributed by atoms with E-state index in [1.165, 1.54) is 0 Å². The predicted octanol–water partition coefficient (Wildman–Crippen LogP) is 3.85. The number of ether oxygens (including phenoxy) is 1. The lowest BCUT2D eigenvalue weighted by molar-refractivity contribution is 0.0580. The summed E-state index contributed by atoms with van der Waals surface area (Å²) in [5, 5.41) is 8.74. The Balaban J connectivity index is 1.62. The maximum absolute atomic E-state index is 13.5. The third kappa shape index (κ3) is 2.46. The van der Waals surface area contributed by atoms with Crippen molar-refractivity contribution in [1.82, 2.24) is 0 Å². The molecule has 0 aliphatic heterocycles. The monoisotopic (exact) mass is 320 g/mol. The second kappa shape index (κ2) is 4.80. The van der Waals surface area contributed by atoms with Crippen molar-refractivity contribution >= 4 is 17.6 Å². The summed E-state index contributed by atoms with van der Waals surface area (Å²) in [6.45, 7) is 0.175. The molecule has 0 amide bonds.